The van der Waals surface area contributed by atoms with Crippen LogP contribution in [-0.4, -0.2) is 98.2 Å². The van der Waals surface area contributed by atoms with Crippen LogP contribution in [-0.2, 0) is 33.9 Å². The van der Waals surface area contributed by atoms with Crippen LogP contribution in [0.25, 0.3) is 0 Å². The molecule has 60 heavy (non-hydrogen) atoms. The minimum absolute atomic E-state index is 0.0734. The number of imide groups is 2. The summed E-state index contributed by atoms with van der Waals surface area (Å²) in [5.41, 5.74) is 5.58. The lowest BCUT2D eigenvalue weighted by atomic mass is 9.65. The summed E-state index contributed by atoms with van der Waals surface area (Å²) in [6, 6.07) is 19.3. The highest BCUT2D eigenvalue weighted by atomic mass is 19.1. The molecule has 3 aromatic rings. The summed E-state index contributed by atoms with van der Waals surface area (Å²) in [4.78, 5) is 71.9. The number of piperidine rings is 3. The number of nitrogens with zero attached hydrogens (tertiary/aromatic N) is 4. The normalized spacial score (nSPS) is 26.8. The molecule has 2 N–H and O–H groups in total. The molecule has 2 aliphatic carbocycles. The zero-order chi connectivity index (χ0) is 41.3. The third-order valence-electron chi connectivity index (χ3n) is 14.5. The number of phenolic OH excluding ortho intramolecular Hbond substituents is 1. The van der Waals surface area contributed by atoms with E-state index in [2.05, 4.69) is 69.7 Å². The number of hydrogen-bond donors (Lipinski definition) is 2. The molecule has 4 atom stereocenters. The van der Waals surface area contributed by atoms with Crippen LogP contribution in [0.3, 0.4) is 0 Å². The van der Waals surface area contributed by atoms with Gasteiger partial charge < -0.3 is 14.9 Å². The lowest BCUT2D eigenvalue weighted by Gasteiger charge is -2.43. The SMILES string of the molecule is O=C1CCC(N2C(=O)c3cc4c(cc3C2=O)CN(C2CCN(C(=O)C3(F)CCN(C5=CCC([C@@H]6c7ccc(O)cc7CC[C@@H]6c6ccccc6)C=C5)CC3)CC2)C4)C(=O)N1. The Bertz CT molecular complexity index is 2300. The van der Waals surface area contributed by atoms with Gasteiger partial charge in [-0.2, -0.15) is 0 Å². The molecular weight excluding hydrogens is 762 g/mol. The molecule has 310 valence electrons. The zero-order valence-electron chi connectivity index (χ0n) is 33.7. The number of nitrogens with one attached hydrogen (secondary N) is 1. The van der Waals surface area contributed by atoms with Crippen LogP contribution in [0.2, 0.25) is 0 Å². The van der Waals surface area contributed by atoms with E-state index in [4.69, 9.17) is 0 Å². The van der Waals surface area contributed by atoms with Crippen LogP contribution in [0.15, 0.2) is 84.6 Å². The summed E-state index contributed by atoms with van der Waals surface area (Å²) in [7, 11) is 0. The number of carbonyl (C=O) groups excluding carboxylic acids is 5. The number of carbonyl (C=O) groups is 5. The number of rotatable bonds is 6. The second-order valence-corrected chi connectivity index (χ2v) is 17.8. The number of benzene rings is 3. The summed E-state index contributed by atoms with van der Waals surface area (Å²) in [5, 5.41) is 12.5. The van der Waals surface area contributed by atoms with E-state index in [0.29, 0.717) is 69.7 Å². The maximum atomic E-state index is 16.5. The van der Waals surface area contributed by atoms with Crippen molar-refractivity contribution in [2.24, 2.45) is 5.92 Å². The third-order valence-corrected chi connectivity index (χ3v) is 14.5. The Hall–Kier alpha value is -5.62. The van der Waals surface area contributed by atoms with Gasteiger partial charge in [-0.1, -0.05) is 48.6 Å². The van der Waals surface area contributed by atoms with Crippen LogP contribution in [0.1, 0.15) is 112 Å². The molecule has 3 aromatic carbocycles. The van der Waals surface area contributed by atoms with Gasteiger partial charge in [-0.3, -0.25) is 39.1 Å². The number of aromatic hydroxyl groups is 1. The minimum Gasteiger partial charge on any atom is -0.508 e. The van der Waals surface area contributed by atoms with Crippen LogP contribution < -0.4 is 5.32 Å². The van der Waals surface area contributed by atoms with E-state index in [1.807, 2.05) is 12.1 Å². The lowest BCUT2D eigenvalue weighted by molar-refractivity contribution is -0.148. The van der Waals surface area contributed by atoms with Crippen LogP contribution >= 0.6 is 0 Å². The molecule has 0 radical (unpaired) electrons. The molecule has 0 saturated carbocycles. The highest BCUT2D eigenvalue weighted by molar-refractivity contribution is 6.23. The molecule has 5 aliphatic heterocycles. The quantitative estimate of drug-likeness (QED) is 0.296. The Morgan fingerprint density at radius 3 is 2.15 bits per heavy atom. The minimum atomic E-state index is -1.89. The zero-order valence-corrected chi connectivity index (χ0v) is 33.7. The molecule has 3 saturated heterocycles. The van der Waals surface area contributed by atoms with Gasteiger partial charge in [-0.15, -0.1) is 0 Å². The molecule has 12 heteroatoms. The summed E-state index contributed by atoms with van der Waals surface area (Å²) in [6.45, 7) is 3.10. The number of fused-ring (bicyclic) bond motifs is 3. The summed E-state index contributed by atoms with van der Waals surface area (Å²) in [6.07, 6.45) is 11.6. The van der Waals surface area contributed by atoms with Gasteiger partial charge in [0.05, 0.1) is 11.1 Å². The average Bonchev–Trinajstić information content (AvgIpc) is 3.79. The number of likely N-dealkylation sites (tertiary alicyclic amines) is 2. The van der Waals surface area contributed by atoms with Gasteiger partial charge >= 0.3 is 0 Å². The first-order valence-electron chi connectivity index (χ1n) is 21.6. The van der Waals surface area contributed by atoms with E-state index in [9.17, 15) is 29.1 Å². The van der Waals surface area contributed by atoms with E-state index in [0.717, 1.165) is 41.0 Å². The van der Waals surface area contributed by atoms with Crippen molar-refractivity contribution < 1.29 is 33.5 Å². The molecular formula is C48H50FN5O6. The lowest BCUT2D eigenvalue weighted by Crippen LogP contribution is -2.55. The number of amides is 5. The van der Waals surface area contributed by atoms with Gasteiger partial charge in [-0.25, -0.2) is 4.39 Å². The van der Waals surface area contributed by atoms with Crippen molar-refractivity contribution in [3.05, 3.63) is 124 Å². The van der Waals surface area contributed by atoms with E-state index >= 15 is 4.39 Å². The monoisotopic (exact) mass is 811 g/mol. The predicted octanol–water partition coefficient (Wildman–Crippen LogP) is 5.88. The molecule has 0 aromatic heterocycles. The number of alkyl halides is 1. The maximum Gasteiger partial charge on any atom is 0.262 e. The number of hydrogen-bond acceptors (Lipinski definition) is 8. The molecule has 5 amide bonds. The summed E-state index contributed by atoms with van der Waals surface area (Å²) >= 11 is 0. The van der Waals surface area contributed by atoms with Crippen LogP contribution in [0.5, 0.6) is 5.75 Å². The maximum absolute atomic E-state index is 16.5. The number of allylic oxidation sites excluding steroid dienone is 3. The first-order valence-corrected chi connectivity index (χ1v) is 21.6. The van der Waals surface area contributed by atoms with Crippen LogP contribution in [0.4, 0.5) is 4.39 Å². The highest BCUT2D eigenvalue weighted by Gasteiger charge is 2.48. The highest BCUT2D eigenvalue weighted by Crippen LogP contribution is 2.49. The van der Waals surface area contributed by atoms with Crippen molar-refractivity contribution in [2.45, 2.75) is 100 Å². The molecule has 7 aliphatic rings. The van der Waals surface area contributed by atoms with Gasteiger partial charge in [0.2, 0.25) is 11.8 Å². The van der Waals surface area contributed by atoms with Gasteiger partial charge in [0, 0.05) is 70.3 Å². The van der Waals surface area contributed by atoms with Gasteiger partial charge in [-0.05, 0) is 114 Å². The summed E-state index contributed by atoms with van der Waals surface area (Å²) in [5.74, 6) is -1.19. The van der Waals surface area contributed by atoms with E-state index < -0.39 is 41.2 Å². The van der Waals surface area contributed by atoms with Crippen molar-refractivity contribution >= 4 is 29.5 Å². The van der Waals surface area contributed by atoms with Crippen molar-refractivity contribution in [1.29, 1.82) is 0 Å². The topological polar surface area (TPSA) is 131 Å². The number of aryl methyl sites for hydroxylation is 1. The first-order chi connectivity index (χ1) is 29.0. The fourth-order valence-electron chi connectivity index (χ4n) is 11.3. The molecule has 3 fully saturated rings. The van der Waals surface area contributed by atoms with Crippen molar-refractivity contribution in [1.82, 2.24) is 24.9 Å². The van der Waals surface area contributed by atoms with Crippen molar-refractivity contribution in [2.75, 3.05) is 26.2 Å². The predicted molar refractivity (Wildman–Crippen MR) is 220 cm³/mol. The van der Waals surface area contributed by atoms with Gasteiger partial charge in [0.15, 0.2) is 5.67 Å². The van der Waals surface area contributed by atoms with Gasteiger partial charge in [0.25, 0.3) is 17.7 Å². The molecule has 10 rings (SSSR count). The van der Waals surface area contributed by atoms with E-state index in [1.54, 1.807) is 17.0 Å². The fourth-order valence-corrected chi connectivity index (χ4v) is 11.3. The van der Waals surface area contributed by atoms with Gasteiger partial charge in [0.1, 0.15) is 11.8 Å². The van der Waals surface area contributed by atoms with E-state index in [-0.39, 0.29) is 48.8 Å². The van der Waals surface area contributed by atoms with Crippen LogP contribution in [0, 0.1) is 5.92 Å². The molecule has 0 spiro atoms. The Kier molecular flexibility index (Phi) is 9.73. The standard InChI is InChI=1S/C48H50FN5O6/c49-48(18-22-51(23-19-48)34-9-6-30(7-10-34)43-37(29-4-2-1-3-5-29)12-8-31-24-36(55)11-13-38(31)43)47(60)52-20-16-35(17-21-52)53-27-32-25-39-40(26-33(32)28-53)46(59)54(45(39)58)41-14-15-42(56)50-44(41)57/h1-6,9-11,13,24-26,30,35,37,41,43,55H,7-8,12,14-23,27-28H2,(H,50,56,57)/t30?,37-,41?,43+/m1/s1. The Morgan fingerprint density at radius 1 is 0.800 bits per heavy atom. The number of halogens is 1. The van der Waals surface area contributed by atoms with E-state index in [1.165, 1.54) is 16.7 Å². The second-order valence-electron chi connectivity index (χ2n) is 17.8. The average molecular weight is 812 g/mol. The first kappa shape index (κ1) is 38.6. The van der Waals surface area contributed by atoms with Crippen molar-refractivity contribution in [3.63, 3.8) is 0 Å². The fraction of sp³-hybridized carbons (Fsp3) is 0.438. The molecule has 11 nitrogen and oxygen atoms in total. The molecule has 0 bridgehead atoms. The smallest absolute Gasteiger partial charge is 0.262 e. The second kappa shape index (κ2) is 15.1. The number of phenols is 1. The van der Waals surface area contributed by atoms with Crippen molar-refractivity contribution in [3.8, 4) is 5.75 Å². The third kappa shape index (κ3) is 6.73. The largest absolute Gasteiger partial charge is 0.508 e. The molecule has 5 heterocycles. The Morgan fingerprint density at radius 2 is 1.50 bits per heavy atom. The molecule has 2 unspecified atom stereocenters. The Labute approximate surface area is 348 Å². The Balaban J connectivity index is 0.729. The summed E-state index contributed by atoms with van der Waals surface area (Å²) < 4.78 is 16.5.